The molecule has 2 saturated heterocycles. The topological polar surface area (TPSA) is 88.3 Å². The van der Waals surface area contributed by atoms with Crippen LogP contribution in [-0.2, 0) is 9.53 Å². The monoisotopic (exact) mass is 448 g/mol. The van der Waals surface area contributed by atoms with Crippen LogP contribution in [0.25, 0.3) is 6.08 Å². The van der Waals surface area contributed by atoms with Gasteiger partial charge in [-0.3, -0.25) is 19.8 Å². The van der Waals surface area contributed by atoms with E-state index in [1.807, 2.05) is 23.1 Å². The third-order valence-corrected chi connectivity index (χ3v) is 6.64. The molecule has 8 heteroatoms. The van der Waals surface area contributed by atoms with Crippen LogP contribution in [0.1, 0.15) is 44.1 Å². The fourth-order valence-corrected chi connectivity index (χ4v) is 5.03. The van der Waals surface area contributed by atoms with Crippen LogP contribution in [0.4, 0.5) is 5.69 Å². The Balaban J connectivity index is 1.52. The first-order valence-electron chi connectivity index (χ1n) is 11.7. The maximum Gasteiger partial charge on any atom is 0.277 e. The summed E-state index contributed by atoms with van der Waals surface area (Å²) in [5, 5.41) is 11.2. The molecule has 0 atom stereocenters. The number of ether oxygens (including phenoxy) is 1. The number of non-ortho nitro benzene ring substituents is 1. The van der Waals surface area contributed by atoms with Gasteiger partial charge in [-0.25, -0.2) is 4.99 Å². The molecule has 5 rings (SSSR count). The molecule has 0 saturated carbocycles. The lowest BCUT2D eigenvalue weighted by atomic mass is 10.1. The summed E-state index contributed by atoms with van der Waals surface area (Å²) in [7, 11) is 0. The van der Waals surface area contributed by atoms with Crippen LogP contribution < -0.4 is 0 Å². The van der Waals surface area contributed by atoms with Crippen LogP contribution in [0, 0.1) is 10.1 Å². The second kappa shape index (κ2) is 9.31. The van der Waals surface area contributed by atoms with Crippen molar-refractivity contribution in [1.82, 2.24) is 9.80 Å². The summed E-state index contributed by atoms with van der Waals surface area (Å²) in [5.74, 6) is 0.916. The van der Waals surface area contributed by atoms with Crippen LogP contribution in [0.3, 0.4) is 0 Å². The number of allylic oxidation sites excluding steroid dienone is 3. The number of morpholine rings is 1. The van der Waals surface area contributed by atoms with Gasteiger partial charge in [-0.05, 0) is 54.5 Å². The van der Waals surface area contributed by atoms with E-state index in [9.17, 15) is 14.9 Å². The fraction of sp³-hybridized carbons (Fsp3) is 0.440. The predicted molar refractivity (Wildman–Crippen MR) is 125 cm³/mol. The molecule has 1 aromatic rings. The van der Waals surface area contributed by atoms with Gasteiger partial charge in [-0.1, -0.05) is 18.6 Å². The molecular weight excluding hydrogens is 420 g/mol. The number of carbonyl (C=O) groups excluding carboxylic acids is 1. The smallest absolute Gasteiger partial charge is 0.277 e. The number of rotatable bonds is 4. The molecule has 0 bridgehead atoms. The normalized spacial score (nSPS) is 23.9. The van der Waals surface area contributed by atoms with Crippen molar-refractivity contribution < 1.29 is 14.5 Å². The number of hydrogen-bond donors (Lipinski definition) is 0. The van der Waals surface area contributed by atoms with Crippen LogP contribution in [0.15, 0.2) is 57.9 Å². The van der Waals surface area contributed by atoms with E-state index in [1.165, 1.54) is 6.07 Å². The predicted octanol–water partition coefficient (Wildman–Crippen LogP) is 4.06. The minimum atomic E-state index is -0.368. The maximum atomic E-state index is 13.0. The Morgan fingerprint density at radius 1 is 1.03 bits per heavy atom. The van der Waals surface area contributed by atoms with Crippen molar-refractivity contribution >= 4 is 23.5 Å². The van der Waals surface area contributed by atoms with Crippen molar-refractivity contribution in [2.75, 3.05) is 32.8 Å². The Morgan fingerprint density at radius 3 is 2.70 bits per heavy atom. The van der Waals surface area contributed by atoms with Crippen molar-refractivity contribution in [3.8, 4) is 0 Å². The van der Waals surface area contributed by atoms with E-state index in [0.717, 1.165) is 86.4 Å². The van der Waals surface area contributed by atoms with Gasteiger partial charge in [-0.15, -0.1) is 0 Å². The third-order valence-electron chi connectivity index (χ3n) is 6.64. The molecule has 4 aliphatic rings. The van der Waals surface area contributed by atoms with E-state index in [1.54, 1.807) is 12.1 Å². The quantitative estimate of drug-likeness (QED) is 0.394. The first kappa shape index (κ1) is 21.6. The molecule has 0 N–H and O–H groups in total. The Labute approximate surface area is 193 Å². The number of benzene rings is 1. The largest absolute Gasteiger partial charge is 0.378 e. The van der Waals surface area contributed by atoms with E-state index < -0.39 is 0 Å². The molecule has 0 aromatic heterocycles. The van der Waals surface area contributed by atoms with E-state index >= 15 is 0 Å². The molecule has 172 valence electrons. The van der Waals surface area contributed by atoms with Crippen molar-refractivity contribution in [2.45, 2.75) is 38.5 Å². The molecule has 8 nitrogen and oxygen atoms in total. The van der Waals surface area contributed by atoms with Crippen LogP contribution in [-0.4, -0.2) is 59.3 Å². The van der Waals surface area contributed by atoms with E-state index in [4.69, 9.17) is 9.73 Å². The number of carbonyl (C=O) groups is 1. The Morgan fingerprint density at radius 2 is 1.88 bits per heavy atom. The van der Waals surface area contributed by atoms with Crippen LogP contribution in [0.2, 0.25) is 0 Å². The van der Waals surface area contributed by atoms with Gasteiger partial charge in [0, 0.05) is 43.9 Å². The van der Waals surface area contributed by atoms with Gasteiger partial charge in [0.2, 0.25) is 0 Å². The highest BCUT2D eigenvalue weighted by Gasteiger charge is 2.32. The zero-order valence-corrected chi connectivity index (χ0v) is 18.7. The number of hydrogen-bond acceptors (Lipinski definition) is 6. The maximum absolute atomic E-state index is 13.0. The number of nitro benzene ring substituents is 1. The second-order valence-corrected chi connectivity index (χ2v) is 8.82. The molecule has 3 aliphatic heterocycles. The molecular formula is C25H28N4O4. The molecule has 0 unspecified atom stereocenters. The standard InChI is InChI=1S/C25H28N4O4/c30-25-22(26-23-7-2-1-3-10-28(23)25)17-20-9-8-19(24(20)27-11-13-33-14-12-27)15-18-5-4-6-21(16-18)29(31)32/h4-6,15-17H,1-3,7-14H2/b19-15+,22-17+. The highest BCUT2D eigenvalue weighted by Crippen LogP contribution is 2.38. The fourth-order valence-electron chi connectivity index (χ4n) is 5.03. The minimum Gasteiger partial charge on any atom is -0.378 e. The van der Waals surface area contributed by atoms with Crippen LogP contribution >= 0.6 is 0 Å². The molecule has 2 fully saturated rings. The summed E-state index contributed by atoms with van der Waals surface area (Å²) in [4.78, 5) is 32.8. The molecule has 0 spiro atoms. The molecule has 1 aliphatic carbocycles. The first-order valence-corrected chi connectivity index (χ1v) is 11.7. The first-order chi connectivity index (χ1) is 16.1. The molecule has 1 amide bonds. The Hall–Kier alpha value is -3.26. The molecule has 0 radical (unpaired) electrons. The van der Waals surface area contributed by atoms with E-state index in [-0.39, 0.29) is 16.5 Å². The molecule has 33 heavy (non-hydrogen) atoms. The SMILES string of the molecule is O=C1/C(=C\C2=C(N3CCOCC3)C(=C/c3cccc([N+](=O)[O-])c3)/CC2)N=C2CCCCCN12. The zero-order valence-electron chi connectivity index (χ0n) is 18.7. The van der Waals surface area contributed by atoms with E-state index in [0.29, 0.717) is 18.9 Å². The van der Waals surface area contributed by atoms with Crippen molar-refractivity contribution in [3.05, 3.63) is 68.6 Å². The minimum absolute atomic E-state index is 0.0110. The van der Waals surface area contributed by atoms with Gasteiger partial charge in [0.1, 0.15) is 11.5 Å². The molecule has 1 aromatic carbocycles. The number of amidine groups is 1. The van der Waals surface area contributed by atoms with Gasteiger partial charge in [-0.2, -0.15) is 0 Å². The average molecular weight is 449 g/mol. The summed E-state index contributed by atoms with van der Waals surface area (Å²) >= 11 is 0. The molecule has 3 heterocycles. The lowest BCUT2D eigenvalue weighted by molar-refractivity contribution is -0.384. The van der Waals surface area contributed by atoms with Gasteiger partial charge in [0.25, 0.3) is 11.6 Å². The van der Waals surface area contributed by atoms with Gasteiger partial charge >= 0.3 is 0 Å². The number of amides is 1. The van der Waals surface area contributed by atoms with Crippen LogP contribution in [0.5, 0.6) is 0 Å². The Bertz CT molecular complexity index is 1100. The number of aliphatic imine (C=N–C) groups is 1. The average Bonchev–Trinajstić information content (AvgIpc) is 3.24. The number of fused-ring (bicyclic) bond motifs is 1. The summed E-state index contributed by atoms with van der Waals surface area (Å²) in [5.41, 5.74) is 4.79. The van der Waals surface area contributed by atoms with Gasteiger partial charge < -0.3 is 9.64 Å². The second-order valence-electron chi connectivity index (χ2n) is 8.82. The highest BCUT2D eigenvalue weighted by atomic mass is 16.6. The number of nitro groups is 1. The van der Waals surface area contributed by atoms with Gasteiger partial charge in [0.15, 0.2) is 0 Å². The summed E-state index contributed by atoms with van der Waals surface area (Å²) in [6.45, 7) is 3.63. The van der Waals surface area contributed by atoms with Crippen molar-refractivity contribution in [3.63, 3.8) is 0 Å². The summed E-state index contributed by atoms with van der Waals surface area (Å²) < 4.78 is 5.56. The summed E-state index contributed by atoms with van der Waals surface area (Å²) in [6, 6.07) is 6.72. The van der Waals surface area contributed by atoms with Crippen molar-refractivity contribution in [2.24, 2.45) is 4.99 Å². The summed E-state index contributed by atoms with van der Waals surface area (Å²) in [6.07, 6.45) is 9.75. The Kier molecular flexibility index (Phi) is 6.09. The third kappa shape index (κ3) is 4.48. The van der Waals surface area contributed by atoms with Gasteiger partial charge in [0.05, 0.1) is 18.1 Å². The number of nitrogens with zero attached hydrogens (tertiary/aromatic N) is 4. The zero-order chi connectivity index (χ0) is 22.8. The van der Waals surface area contributed by atoms with Crippen molar-refractivity contribution in [1.29, 1.82) is 0 Å². The lowest BCUT2D eigenvalue weighted by Crippen LogP contribution is -2.36. The van der Waals surface area contributed by atoms with E-state index in [2.05, 4.69) is 4.90 Å². The lowest BCUT2D eigenvalue weighted by Gasteiger charge is -2.31. The highest BCUT2D eigenvalue weighted by molar-refractivity contribution is 6.12.